The molecule has 34 heavy (non-hydrogen) atoms. The Hall–Kier alpha value is -3.04. The number of carboxylic acid groups (broad SMARTS) is 1. The molecule has 4 heterocycles. The molecule has 1 amide bonds. The van der Waals surface area contributed by atoms with Gasteiger partial charge < -0.3 is 29.7 Å². The highest BCUT2D eigenvalue weighted by atomic mass is 16.5. The average molecular weight is 470 g/mol. The van der Waals surface area contributed by atoms with Gasteiger partial charge in [0.1, 0.15) is 5.76 Å². The van der Waals surface area contributed by atoms with E-state index in [2.05, 4.69) is 34.4 Å². The summed E-state index contributed by atoms with van der Waals surface area (Å²) in [7, 11) is 0. The van der Waals surface area contributed by atoms with E-state index in [0.29, 0.717) is 38.1 Å². The summed E-state index contributed by atoms with van der Waals surface area (Å²) >= 11 is 0. The largest absolute Gasteiger partial charge is 0.494 e. The van der Waals surface area contributed by atoms with E-state index in [-0.39, 0.29) is 6.10 Å². The van der Waals surface area contributed by atoms with Crippen LogP contribution in [0.5, 0.6) is 0 Å². The van der Waals surface area contributed by atoms with Crippen LogP contribution in [0.4, 0.5) is 10.5 Å². The molecule has 0 aliphatic carbocycles. The Morgan fingerprint density at radius 1 is 1.32 bits per heavy atom. The van der Waals surface area contributed by atoms with Gasteiger partial charge in [-0.1, -0.05) is 13.2 Å². The van der Waals surface area contributed by atoms with Gasteiger partial charge in [-0.15, -0.1) is 0 Å². The summed E-state index contributed by atoms with van der Waals surface area (Å²) < 4.78 is 13.5. The van der Waals surface area contributed by atoms with E-state index in [1.807, 2.05) is 30.6 Å². The molecule has 0 bridgehead atoms. The number of hydrogen-bond donors (Lipinski definition) is 2. The van der Waals surface area contributed by atoms with E-state index in [0.717, 1.165) is 60.6 Å². The smallest absolute Gasteiger partial charge is 0.407 e. The summed E-state index contributed by atoms with van der Waals surface area (Å²) in [6, 6.07) is 2.37. The predicted molar refractivity (Wildman–Crippen MR) is 133 cm³/mol. The topological polar surface area (TPSA) is 91.6 Å². The Labute approximate surface area is 200 Å². The maximum absolute atomic E-state index is 11.3. The first-order valence-electron chi connectivity index (χ1n) is 11.9. The van der Waals surface area contributed by atoms with Gasteiger partial charge in [-0.2, -0.15) is 0 Å². The molecule has 2 aliphatic rings. The maximum atomic E-state index is 11.3. The van der Waals surface area contributed by atoms with Gasteiger partial charge >= 0.3 is 6.09 Å². The van der Waals surface area contributed by atoms with Crippen LogP contribution in [0.1, 0.15) is 37.9 Å². The molecule has 2 saturated heterocycles. The number of piperidine rings is 1. The first-order valence-corrected chi connectivity index (χ1v) is 11.9. The third kappa shape index (κ3) is 5.37. The zero-order valence-electron chi connectivity index (χ0n) is 20.1. The van der Waals surface area contributed by atoms with Gasteiger partial charge in [-0.25, -0.2) is 9.78 Å². The molecule has 9 nitrogen and oxygen atoms in total. The molecular weight excluding hydrogens is 434 g/mol. The number of imidazole rings is 1. The summed E-state index contributed by atoms with van der Waals surface area (Å²) in [5.74, 6) is 0.631. The Bertz CT molecular complexity index is 1060. The minimum Gasteiger partial charge on any atom is -0.494 e. The van der Waals surface area contributed by atoms with E-state index in [1.54, 1.807) is 0 Å². The lowest BCUT2D eigenvalue weighted by atomic mass is 10.0. The van der Waals surface area contributed by atoms with Crippen LogP contribution in [0.2, 0.25) is 0 Å². The normalized spacial score (nSPS) is 19.8. The van der Waals surface area contributed by atoms with E-state index < -0.39 is 6.09 Å². The fourth-order valence-corrected chi connectivity index (χ4v) is 4.69. The van der Waals surface area contributed by atoms with Crippen LogP contribution in [0.15, 0.2) is 31.6 Å². The van der Waals surface area contributed by atoms with Gasteiger partial charge in [0.25, 0.3) is 0 Å². The van der Waals surface area contributed by atoms with Crippen molar-refractivity contribution in [3.8, 4) is 0 Å². The third-order valence-corrected chi connectivity index (χ3v) is 6.50. The number of pyridine rings is 1. The summed E-state index contributed by atoms with van der Waals surface area (Å²) in [5.41, 5.74) is 4.63. The van der Waals surface area contributed by atoms with E-state index in [9.17, 15) is 9.90 Å². The number of hydrogen-bond acceptors (Lipinski definition) is 6. The van der Waals surface area contributed by atoms with Gasteiger partial charge in [0.15, 0.2) is 5.65 Å². The Morgan fingerprint density at radius 2 is 2.09 bits per heavy atom. The number of rotatable bonds is 8. The van der Waals surface area contributed by atoms with Crippen LogP contribution in [0.25, 0.3) is 17.0 Å². The van der Waals surface area contributed by atoms with Crippen LogP contribution in [0.3, 0.4) is 0 Å². The molecule has 184 valence electrons. The molecule has 9 heteroatoms. The maximum Gasteiger partial charge on any atom is 0.407 e. The summed E-state index contributed by atoms with van der Waals surface area (Å²) in [6.07, 6.45) is 4.87. The molecule has 2 aromatic rings. The Kier molecular flexibility index (Phi) is 7.43. The number of nitrogens with one attached hydrogen (secondary N) is 1. The van der Waals surface area contributed by atoms with E-state index in [1.165, 1.54) is 4.90 Å². The average Bonchev–Trinajstić information content (AvgIpc) is 3.25. The number of morpholine rings is 1. The Balaban J connectivity index is 1.42. The fraction of sp³-hybridized carbons (Fsp3) is 0.520. The second kappa shape index (κ2) is 10.5. The highest BCUT2D eigenvalue weighted by Crippen LogP contribution is 2.28. The summed E-state index contributed by atoms with van der Waals surface area (Å²) in [4.78, 5) is 19.7. The molecule has 1 atom stereocenters. The van der Waals surface area contributed by atoms with Crippen molar-refractivity contribution in [2.24, 2.45) is 0 Å². The first-order chi connectivity index (χ1) is 16.4. The molecule has 0 radical (unpaired) electrons. The monoisotopic (exact) mass is 469 g/mol. The van der Waals surface area contributed by atoms with Crippen LogP contribution in [0, 0.1) is 0 Å². The van der Waals surface area contributed by atoms with Crippen molar-refractivity contribution in [1.29, 1.82) is 0 Å². The lowest BCUT2D eigenvalue weighted by molar-refractivity contribution is -0.0389. The summed E-state index contributed by atoms with van der Waals surface area (Å²) in [5, 5.41) is 13.0. The number of likely N-dealkylation sites (tertiary alicyclic amines) is 1. The zero-order valence-corrected chi connectivity index (χ0v) is 20.1. The third-order valence-electron chi connectivity index (χ3n) is 6.50. The molecule has 0 saturated carbocycles. The lowest BCUT2D eigenvalue weighted by Gasteiger charge is -2.37. The van der Waals surface area contributed by atoms with Crippen molar-refractivity contribution >= 4 is 28.8 Å². The molecule has 4 rings (SSSR count). The quantitative estimate of drug-likeness (QED) is 0.571. The highest BCUT2D eigenvalue weighted by Gasteiger charge is 2.28. The van der Waals surface area contributed by atoms with Crippen molar-refractivity contribution in [2.75, 3.05) is 51.3 Å². The van der Waals surface area contributed by atoms with Crippen molar-refractivity contribution in [3.63, 3.8) is 0 Å². The number of fused-ring (bicyclic) bond motifs is 1. The lowest BCUT2D eigenvalue weighted by Crippen LogP contribution is -2.51. The zero-order chi connectivity index (χ0) is 24.2. The van der Waals surface area contributed by atoms with Crippen LogP contribution in [-0.2, 0) is 9.47 Å². The SMILES string of the molecule is C=C(OCC)c1cc(NC2CCN(C[C@@H]3CN(C(=O)O)CCO3)CC2)c2ncc(C(=C)C)n2c1. The van der Waals surface area contributed by atoms with Gasteiger partial charge in [-0.05, 0) is 38.3 Å². The van der Waals surface area contributed by atoms with Crippen LogP contribution >= 0.6 is 0 Å². The van der Waals surface area contributed by atoms with Crippen molar-refractivity contribution in [2.45, 2.75) is 38.8 Å². The number of aromatic nitrogens is 2. The number of amides is 1. The number of allylic oxidation sites excluding steroid dienone is 1. The Morgan fingerprint density at radius 3 is 2.76 bits per heavy atom. The van der Waals surface area contributed by atoms with Gasteiger partial charge in [0, 0.05) is 44.0 Å². The van der Waals surface area contributed by atoms with E-state index in [4.69, 9.17) is 9.47 Å². The first kappa shape index (κ1) is 24.1. The van der Waals surface area contributed by atoms with Gasteiger partial charge in [0.2, 0.25) is 0 Å². The number of carbonyl (C=O) groups is 1. The molecule has 0 aromatic carbocycles. The molecule has 0 spiro atoms. The second-order valence-corrected chi connectivity index (χ2v) is 9.06. The molecule has 2 aliphatic heterocycles. The predicted octanol–water partition coefficient (Wildman–Crippen LogP) is 3.63. The van der Waals surface area contributed by atoms with E-state index >= 15 is 0 Å². The molecule has 2 aromatic heterocycles. The minimum atomic E-state index is -0.870. The second-order valence-electron chi connectivity index (χ2n) is 9.06. The van der Waals surface area contributed by atoms with Crippen LogP contribution < -0.4 is 5.32 Å². The van der Waals surface area contributed by atoms with Crippen molar-refractivity contribution in [3.05, 3.63) is 42.9 Å². The fourth-order valence-electron chi connectivity index (χ4n) is 4.69. The standard InChI is InChI=1S/C25H35N5O4/c1-5-33-18(4)19-12-22(24-26-13-23(17(2)3)30(24)14-19)27-20-6-8-28(9-7-20)15-21-16-29(25(31)32)10-11-34-21/h12-14,20-21,27H,2,4-11,15-16H2,1,3H3,(H,31,32)/t21-/m1/s1. The van der Waals surface area contributed by atoms with Gasteiger partial charge in [-0.3, -0.25) is 4.40 Å². The van der Waals surface area contributed by atoms with Crippen LogP contribution in [-0.4, -0.2) is 88.5 Å². The van der Waals surface area contributed by atoms with Crippen molar-refractivity contribution < 1.29 is 19.4 Å². The number of nitrogens with zero attached hydrogens (tertiary/aromatic N) is 4. The van der Waals surface area contributed by atoms with Gasteiger partial charge in [0.05, 0.1) is 43.4 Å². The molecule has 2 N–H and O–H groups in total. The molecule has 0 unspecified atom stereocenters. The molecular formula is C25H35N5O4. The minimum absolute atomic E-state index is 0.0688. The highest BCUT2D eigenvalue weighted by molar-refractivity contribution is 5.76. The number of anilines is 1. The number of ether oxygens (including phenoxy) is 2. The summed E-state index contributed by atoms with van der Waals surface area (Å²) in [6.45, 7) is 16.6. The van der Waals surface area contributed by atoms with Crippen molar-refractivity contribution in [1.82, 2.24) is 19.2 Å². The molecule has 2 fully saturated rings.